The summed E-state index contributed by atoms with van der Waals surface area (Å²) < 4.78 is 27.1. The van der Waals surface area contributed by atoms with Crippen LogP contribution in [0.15, 0.2) is 59.5 Å². The molecule has 0 spiro atoms. The van der Waals surface area contributed by atoms with Crippen LogP contribution >= 0.6 is 0 Å². The molecule has 2 heterocycles. The Balaban J connectivity index is 1.41. The summed E-state index contributed by atoms with van der Waals surface area (Å²) in [7, 11) is -3.65. The second-order valence-corrected chi connectivity index (χ2v) is 10.5. The quantitative estimate of drug-likeness (QED) is 0.628. The SMILES string of the molecule is CCC1(c2ccccc2)NC(=O)N(CC(=O)N2CCN(S(=O)(=O)c3ccc(C)cc3)CC2)C1=O. The van der Waals surface area contributed by atoms with Gasteiger partial charge in [0, 0.05) is 26.2 Å². The first-order valence-electron chi connectivity index (χ1n) is 11.2. The zero-order chi connectivity index (χ0) is 24.5. The minimum atomic E-state index is -3.65. The maximum atomic E-state index is 13.2. The van der Waals surface area contributed by atoms with E-state index in [2.05, 4.69) is 5.32 Å². The zero-order valence-corrected chi connectivity index (χ0v) is 20.0. The molecule has 10 heteroatoms. The second kappa shape index (κ2) is 9.19. The number of aryl methyl sites for hydroxylation is 1. The Morgan fingerprint density at radius 2 is 1.59 bits per heavy atom. The highest BCUT2D eigenvalue weighted by molar-refractivity contribution is 7.89. The number of carbonyl (C=O) groups excluding carboxylic acids is 3. The van der Waals surface area contributed by atoms with Crippen LogP contribution in [-0.4, -0.2) is 73.1 Å². The van der Waals surface area contributed by atoms with Gasteiger partial charge in [-0.15, -0.1) is 0 Å². The van der Waals surface area contributed by atoms with E-state index in [9.17, 15) is 22.8 Å². The van der Waals surface area contributed by atoms with E-state index in [1.807, 2.05) is 19.9 Å². The number of sulfonamides is 1. The van der Waals surface area contributed by atoms with Crippen molar-refractivity contribution < 1.29 is 22.8 Å². The Bertz CT molecular complexity index is 1190. The third-order valence-corrected chi connectivity index (χ3v) is 8.43. The number of imide groups is 1. The van der Waals surface area contributed by atoms with Gasteiger partial charge in [-0.05, 0) is 31.0 Å². The molecule has 0 aromatic heterocycles. The molecule has 9 nitrogen and oxygen atoms in total. The lowest BCUT2D eigenvalue weighted by Gasteiger charge is -2.34. The van der Waals surface area contributed by atoms with Crippen LogP contribution in [0, 0.1) is 6.92 Å². The maximum Gasteiger partial charge on any atom is 0.325 e. The fourth-order valence-electron chi connectivity index (χ4n) is 4.40. The minimum Gasteiger partial charge on any atom is -0.338 e. The first-order valence-corrected chi connectivity index (χ1v) is 12.7. The van der Waals surface area contributed by atoms with Crippen molar-refractivity contribution in [1.29, 1.82) is 0 Å². The van der Waals surface area contributed by atoms with Crippen LogP contribution in [0.25, 0.3) is 0 Å². The molecule has 1 unspecified atom stereocenters. The van der Waals surface area contributed by atoms with Crippen LogP contribution in [0.4, 0.5) is 4.79 Å². The van der Waals surface area contributed by atoms with E-state index in [0.29, 0.717) is 12.0 Å². The summed E-state index contributed by atoms with van der Waals surface area (Å²) in [5, 5.41) is 2.77. The molecule has 34 heavy (non-hydrogen) atoms. The Morgan fingerprint density at radius 1 is 0.971 bits per heavy atom. The van der Waals surface area contributed by atoms with Gasteiger partial charge in [0.25, 0.3) is 5.91 Å². The fourth-order valence-corrected chi connectivity index (χ4v) is 5.83. The number of hydrogen-bond acceptors (Lipinski definition) is 5. The van der Waals surface area contributed by atoms with Gasteiger partial charge in [-0.1, -0.05) is 55.0 Å². The van der Waals surface area contributed by atoms with E-state index in [1.54, 1.807) is 48.5 Å². The third-order valence-electron chi connectivity index (χ3n) is 6.52. The summed E-state index contributed by atoms with van der Waals surface area (Å²) >= 11 is 0. The van der Waals surface area contributed by atoms with Crippen LogP contribution in [-0.2, 0) is 25.2 Å². The predicted molar refractivity (Wildman–Crippen MR) is 125 cm³/mol. The molecule has 2 saturated heterocycles. The van der Waals surface area contributed by atoms with E-state index in [1.165, 1.54) is 9.21 Å². The highest BCUT2D eigenvalue weighted by Gasteiger charge is 2.51. The van der Waals surface area contributed by atoms with Gasteiger partial charge in [0.15, 0.2) is 0 Å². The number of piperazine rings is 1. The number of nitrogens with one attached hydrogen (secondary N) is 1. The van der Waals surface area contributed by atoms with E-state index < -0.39 is 33.4 Å². The number of rotatable bonds is 6. The van der Waals surface area contributed by atoms with Gasteiger partial charge in [0.2, 0.25) is 15.9 Å². The van der Waals surface area contributed by atoms with Crippen molar-refractivity contribution in [1.82, 2.24) is 19.4 Å². The first-order chi connectivity index (χ1) is 16.2. The van der Waals surface area contributed by atoms with Crippen molar-refractivity contribution in [2.24, 2.45) is 0 Å². The van der Waals surface area contributed by atoms with Gasteiger partial charge in [-0.3, -0.25) is 14.5 Å². The average molecular weight is 485 g/mol. The van der Waals surface area contributed by atoms with Crippen molar-refractivity contribution in [3.63, 3.8) is 0 Å². The molecule has 1 N–H and O–H groups in total. The lowest BCUT2D eigenvalue weighted by Crippen LogP contribution is -2.53. The summed E-state index contributed by atoms with van der Waals surface area (Å²) in [5.74, 6) is -0.851. The normalized spacial score (nSPS) is 21.6. The molecule has 2 aromatic rings. The summed E-state index contributed by atoms with van der Waals surface area (Å²) in [6, 6.07) is 15.0. The zero-order valence-electron chi connectivity index (χ0n) is 19.2. The third kappa shape index (κ3) is 4.19. The smallest absolute Gasteiger partial charge is 0.325 e. The first kappa shape index (κ1) is 23.9. The molecule has 2 fully saturated rings. The molecular weight excluding hydrogens is 456 g/mol. The molecule has 2 aromatic carbocycles. The van der Waals surface area contributed by atoms with Crippen molar-refractivity contribution in [2.45, 2.75) is 30.7 Å². The van der Waals surface area contributed by atoms with Crippen LogP contribution in [0.2, 0.25) is 0 Å². The van der Waals surface area contributed by atoms with Crippen LogP contribution in [0.3, 0.4) is 0 Å². The summed E-state index contributed by atoms with van der Waals surface area (Å²) in [6.07, 6.45) is 0.349. The van der Waals surface area contributed by atoms with Gasteiger partial charge in [0.05, 0.1) is 4.90 Å². The molecule has 0 bridgehead atoms. The molecule has 1 atom stereocenters. The summed E-state index contributed by atoms with van der Waals surface area (Å²) in [6.45, 7) is 3.97. The van der Waals surface area contributed by atoms with Gasteiger partial charge in [-0.2, -0.15) is 4.31 Å². The van der Waals surface area contributed by atoms with Gasteiger partial charge < -0.3 is 10.2 Å². The molecular formula is C24H28N4O5S. The number of benzene rings is 2. The predicted octanol–water partition coefficient (Wildman–Crippen LogP) is 1.69. The van der Waals surface area contributed by atoms with E-state index >= 15 is 0 Å². The second-order valence-electron chi connectivity index (χ2n) is 8.54. The van der Waals surface area contributed by atoms with Crippen molar-refractivity contribution in [3.8, 4) is 0 Å². The average Bonchev–Trinajstić information content (AvgIpc) is 3.10. The van der Waals surface area contributed by atoms with Crippen molar-refractivity contribution >= 4 is 27.9 Å². The van der Waals surface area contributed by atoms with Crippen molar-refractivity contribution in [2.75, 3.05) is 32.7 Å². The highest BCUT2D eigenvalue weighted by Crippen LogP contribution is 2.32. The minimum absolute atomic E-state index is 0.144. The van der Waals surface area contributed by atoms with Gasteiger partial charge in [0.1, 0.15) is 12.1 Å². The Kier molecular flexibility index (Phi) is 6.46. The number of hydrogen-bond donors (Lipinski definition) is 1. The lowest BCUT2D eigenvalue weighted by atomic mass is 9.87. The van der Waals surface area contributed by atoms with E-state index in [0.717, 1.165) is 10.5 Å². The van der Waals surface area contributed by atoms with Gasteiger partial charge >= 0.3 is 6.03 Å². The highest BCUT2D eigenvalue weighted by atomic mass is 32.2. The molecule has 0 aliphatic carbocycles. The van der Waals surface area contributed by atoms with Crippen LogP contribution in [0.1, 0.15) is 24.5 Å². The Morgan fingerprint density at radius 3 is 2.18 bits per heavy atom. The van der Waals surface area contributed by atoms with Crippen LogP contribution < -0.4 is 5.32 Å². The number of nitrogens with zero attached hydrogens (tertiary/aromatic N) is 3. The largest absolute Gasteiger partial charge is 0.338 e. The molecule has 2 aliphatic rings. The van der Waals surface area contributed by atoms with E-state index in [4.69, 9.17) is 0 Å². The lowest BCUT2D eigenvalue weighted by molar-refractivity contribution is -0.139. The number of amides is 4. The van der Waals surface area contributed by atoms with E-state index in [-0.39, 0.29) is 37.6 Å². The number of urea groups is 1. The molecule has 4 amide bonds. The summed E-state index contributed by atoms with van der Waals surface area (Å²) in [5.41, 5.74) is 0.439. The maximum absolute atomic E-state index is 13.2. The molecule has 180 valence electrons. The number of carbonyl (C=O) groups is 3. The molecule has 0 saturated carbocycles. The molecule has 4 rings (SSSR count). The monoisotopic (exact) mass is 484 g/mol. The Hall–Kier alpha value is -3.24. The fraction of sp³-hybridized carbons (Fsp3) is 0.375. The topological polar surface area (TPSA) is 107 Å². The van der Waals surface area contributed by atoms with Crippen LogP contribution in [0.5, 0.6) is 0 Å². The molecule has 0 radical (unpaired) electrons. The van der Waals surface area contributed by atoms with Crippen molar-refractivity contribution in [3.05, 3.63) is 65.7 Å². The van der Waals surface area contributed by atoms with Gasteiger partial charge in [-0.25, -0.2) is 13.2 Å². The Labute approximate surface area is 199 Å². The molecule has 2 aliphatic heterocycles. The summed E-state index contributed by atoms with van der Waals surface area (Å²) in [4.78, 5) is 41.5. The standard InChI is InChI=1S/C24H28N4O5S/c1-3-24(19-7-5-4-6-8-19)22(30)28(23(31)25-24)17-21(29)26-13-15-27(16-14-26)34(32,33)20-11-9-18(2)10-12-20/h4-12H,3,13-17H2,1-2H3,(H,25,31).